The Kier molecular flexibility index (Phi) is 43.7. The SMILES string of the molecule is CNS(=O)(=O)CC[C@H]1O[C@@H](n2ccc(=O)[nH]c2=O)[C@H](OC)[C@@H]1OC(C)C.CO[C@@H]1[C@H](OC(C)C)[C@@H](/C=C/P(=O)(O)CO)O[C@H]1c1ccccc1.CO[C@@H]1[C@H](OC(C)C)[C@@H](/C=C/P(=O)(O)O)O[C@H]1c1ccccc1.CO[C@@H]1[C@H](OC(C)C)[C@@H](CCS(=O)(=O)CP(=O)(O)O)O[C@H]1n1ccc(=O)[nH]c1=O.CO[C@@H]1[C@H](OC(C)C)[C@@H](COP(=O)(O)CC(=O)O)O[C@H]1n1ccc(=O)[nH]c1=O. The van der Waals surface area contributed by atoms with Gasteiger partial charge in [-0.25, -0.2) is 35.9 Å². The number of H-pyrrole nitrogens is 3. The number of nitrogens with one attached hydrogen (secondary N) is 4. The maximum Gasteiger partial charge on any atom is 0.348 e. The van der Waals surface area contributed by atoms with Crippen LogP contribution < -0.4 is 38.5 Å². The fourth-order valence-corrected chi connectivity index (χ4v) is 19.9. The minimum atomic E-state index is -4.74. The average molecular weight is 1970 g/mol. The van der Waals surface area contributed by atoms with Gasteiger partial charge in [-0.3, -0.25) is 66.1 Å². The molecule has 0 bridgehead atoms. The second-order valence-electron chi connectivity index (χ2n) is 31.4. The fourth-order valence-electron chi connectivity index (χ4n) is 14.3. The molecule has 8 heterocycles. The topological polar surface area (TPSA) is 640 Å². The van der Waals surface area contributed by atoms with Crippen molar-refractivity contribution in [3.05, 3.63) is 195 Å². The summed E-state index contributed by atoms with van der Waals surface area (Å²) < 4.78 is 190. The van der Waals surface area contributed by atoms with Crippen LogP contribution in [0.3, 0.4) is 0 Å². The van der Waals surface area contributed by atoms with Crippen molar-refractivity contribution in [3.63, 3.8) is 0 Å². The van der Waals surface area contributed by atoms with Crippen LogP contribution in [0.4, 0.5) is 0 Å². The Morgan fingerprint density at radius 1 is 0.469 bits per heavy atom. The van der Waals surface area contributed by atoms with Crippen molar-refractivity contribution in [1.29, 1.82) is 0 Å². The zero-order valence-electron chi connectivity index (χ0n) is 74.3. The lowest BCUT2D eigenvalue weighted by molar-refractivity contribution is -0.134. The first-order valence-electron chi connectivity index (χ1n) is 40.7. The zero-order valence-corrected chi connectivity index (χ0v) is 79.5. The minimum Gasteiger partial charge on any atom is -0.481 e. The molecule has 5 aliphatic rings. The number of nitrogens with zero attached hydrogens (tertiary/aromatic N) is 3. The van der Waals surface area contributed by atoms with Crippen LogP contribution >= 0.6 is 30.2 Å². The first kappa shape index (κ1) is 112. The van der Waals surface area contributed by atoms with E-state index < -0.39 is 218 Å². The predicted octanol–water partition coefficient (Wildman–Crippen LogP) is 3.19. The highest BCUT2D eigenvalue weighted by molar-refractivity contribution is 7.97. The summed E-state index contributed by atoms with van der Waals surface area (Å²) in [4.78, 5) is 142. The van der Waals surface area contributed by atoms with Gasteiger partial charge in [0.1, 0.15) is 104 Å². The van der Waals surface area contributed by atoms with Gasteiger partial charge >= 0.3 is 45.8 Å². The number of ether oxygens (including phenoxy) is 15. The number of aromatic amines is 3. The highest BCUT2D eigenvalue weighted by Gasteiger charge is 2.53. The molecule has 130 heavy (non-hydrogen) atoms. The molecule has 0 aliphatic carbocycles. The number of hydrogen-bond acceptors (Lipinski definition) is 32. The number of aliphatic hydroxyl groups is 1. The third kappa shape index (κ3) is 34.6. The van der Waals surface area contributed by atoms with Crippen molar-refractivity contribution >= 4 is 56.0 Å². The van der Waals surface area contributed by atoms with Crippen LogP contribution in [0.5, 0.6) is 0 Å². The summed E-state index contributed by atoms with van der Waals surface area (Å²) in [5.74, 6) is -0.232. The molecule has 0 spiro atoms. The molecule has 12 N–H and O–H groups in total. The quantitative estimate of drug-likeness (QED) is 0.0251. The van der Waals surface area contributed by atoms with Crippen LogP contribution in [-0.4, -0.2) is 292 Å². The highest BCUT2D eigenvalue weighted by atomic mass is 32.2. The van der Waals surface area contributed by atoms with E-state index >= 15 is 0 Å². The smallest absolute Gasteiger partial charge is 0.348 e. The van der Waals surface area contributed by atoms with Crippen molar-refractivity contribution in [3.8, 4) is 0 Å². The lowest BCUT2D eigenvalue weighted by atomic mass is 10.0. The molecule has 734 valence electrons. The third-order valence-electron chi connectivity index (χ3n) is 19.5. The van der Waals surface area contributed by atoms with Crippen molar-refractivity contribution in [1.82, 2.24) is 33.4 Å². The van der Waals surface area contributed by atoms with E-state index in [1.165, 1.54) is 69.8 Å². The monoisotopic (exact) mass is 1970 g/mol. The summed E-state index contributed by atoms with van der Waals surface area (Å²) in [6.45, 7) is 17.9. The number of rotatable bonds is 39. The summed E-state index contributed by atoms with van der Waals surface area (Å²) in [5, 5.41) is 17.6. The van der Waals surface area contributed by atoms with E-state index in [2.05, 4.69) is 19.7 Å². The van der Waals surface area contributed by atoms with Gasteiger partial charge in [-0.15, -0.1) is 0 Å². The fraction of sp³-hybridized carbons (Fsp3) is 0.628. The van der Waals surface area contributed by atoms with E-state index in [0.29, 0.717) is 0 Å². The van der Waals surface area contributed by atoms with Gasteiger partial charge < -0.3 is 115 Å². The summed E-state index contributed by atoms with van der Waals surface area (Å²) in [5.41, 5.74) is -3.19. The van der Waals surface area contributed by atoms with Crippen LogP contribution in [0.2, 0.25) is 0 Å². The van der Waals surface area contributed by atoms with Crippen LogP contribution in [0, 0.1) is 0 Å². The van der Waals surface area contributed by atoms with Crippen LogP contribution in [0.25, 0.3) is 0 Å². The standard InChI is InChI=1S/C17H25O6P.C16H23O6P.C15H25N3O7S.C15H25N2O10PS.C15H23N2O10P/c1-12(2)22-16-14(9-10-24(19,20)11-18)23-15(17(16)21-3)13-7-5-4-6-8-13;1-11(2)21-15-13(9-10-23(17,18)19)22-14(16(15)20-3)12-7-5-4-6-8-12;1-9(2)24-12-10(6-8-26(21,22)16-3)25-14(13(12)23-4)18-7-5-11(19)17-15(18)20;1-9(2)26-12-10(5-7-29(23,24)8-28(20,21)22)27-14(13(12)25-3)17-6-4-11(18)16-15(17)19;1-8(2)26-12-9(6-25-28(22,23)7-11(19)20)27-14(13(12)24-3)17-5-4-10(18)16-15(17)21/h4-10,12,14-18H,11H2,1-3H3,(H,19,20);4-11,13-16H,1-3H3,(H2,17,18,19);5,7,9-10,12-14,16H,6,8H2,1-4H3,(H,17,19,20);4,6,9-10,12-14H,5,7-8H2,1-3H3,(H,16,18,19)(H2,20,21,22);4-5,8-9,12-14H,6-7H2,1-3H3,(H,19,20)(H,22,23)(H,16,18,21)/b2*10-9+;;;/t14-,15+,16-,17+;13-,14+,15-,16+;2*10-,12-,13-,14-;9-,12-,13-,14-/m11111/s1. The molecule has 5 fully saturated rings. The number of sulfonamides is 1. The molecule has 2 unspecified atom stereocenters. The Balaban J connectivity index is 0.000000251. The van der Waals surface area contributed by atoms with E-state index in [1.807, 2.05) is 102 Å². The lowest BCUT2D eigenvalue weighted by Crippen LogP contribution is -2.41. The number of carboxylic acids is 1. The molecule has 3 aromatic heterocycles. The second-order valence-corrected chi connectivity index (χ2v) is 43.1. The zero-order chi connectivity index (χ0) is 97.3. The van der Waals surface area contributed by atoms with Crippen molar-refractivity contribution < 1.29 is 155 Å². The van der Waals surface area contributed by atoms with Gasteiger partial charge in [0.2, 0.25) is 17.4 Å². The maximum absolute atomic E-state index is 12.1. The average Bonchev–Trinajstić information content (AvgIpc) is 1.66. The Bertz CT molecular complexity index is 5280. The number of aromatic nitrogens is 6. The van der Waals surface area contributed by atoms with Crippen molar-refractivity contribution in [2.75, 3.05) is 78.7 Å². The lowest BCUT2D eigenvalue weighted by Gasteiger charge is -2.25. The Morgan fingerprint density at radius 3 is 1.11 bits per heavy atom. The molecule has 0 saturated carbocycles. The first-order valence-corrected chi connectivity index (χ1v) is 51.3. The second kappa shape index (κ2) is 50.7. The van der Waals surface area contributed by atoms with Gasteiger partial charge in [-0.05, 0) is 112 Å². The summed E-state index contributed by atoms with van der Waals surface area (Å²) in [7, 11) is -15.8. The number of hydrogen-bond donors (Lipinski definition) is 12. The molecular weight excluding hydrogens is 1850 g/mol. The summed E-state index contributed by atoms with van der Waals surface area (Å²) in [6.07, 6.45) is -9.10. The predicted molar refractivity (Wildman–Crippen MR) is 466 cm³/mol. The molecule has 2 aromatic carbocycles. The number of carbonyl (C=O) groups is 1. The van der Waals surface area contributed by atoms with E-state index in [1.54, 1.807) is 41.9 Å². The third-order valence-corrected chi connectivity index (χ3v) is 27.5. The van der Waals surface area contributed by atoms with E-state index in [9.17, 15) is 78.4 Å². The summed E-state index contributed by atoms with van der Waals surface area (Å²) >= 11 is 0. The van der Waals surface area contributed by atoms with Gasteiger partial charge in [0.25, 0.3) is 16.7 Å². The van der Waals surface area contributed by atoms with Gasteiger partial charge in [-0.2, -0.15) is 0 Å². The number of carboxylic acid groups (broad SMARTS) is 1. The van der Waals surface area contributed by atoms with Crippen molar-refractivity contribution in [2.24, 2.45) is 0 Å². The van der Waals surface area contributed by atoms with Gasteiger partial charge in [-0.1, -0.05) is 60.7 Å². The van der Waals surface area contributed by atoms with Gasteiger partial charge in [0, 0.05) is 84.0 Å². The van der Waals surface area contributed by atoms with Crippen molar-refractivity contribution in [2.45, 2.75) is 235 Å². The molecular formula is C78H121N7O39P4S2. The molecule has 0 radical (unpaired) electrons. The van der Waals surface area contributed by atoms with Gasteiger partial charge in [0.15, 0.2) is 34.0 Å². The maximum atomic E-state index is 12.1. The van der Waals surface area contributed by atoms with Gasteiger partial charge in [0.05, 0.1) is 60.8 Å². The Hall–Kier alpha value is -6.71. The Labute approximate surface area is 749 Å². The van der Waals surface area contributed by atoms with Crippen LogP contribution in [-0.2, 0) is 118 Å². The highest BCUT2D eigenvalue weighted by Crippen LogP contribution is 2.47. The molecule has 5 saturated heterocycles. The number of methoxy groups -OCH3 is 5. The first-order chi connectivity index (χ1) is 60.7. The number of sulfone groups is 1. The molecule has 0 amide bonds. The molecule has 22 atom stereocenters. The van der Waals surface area contributed by atoms with Crippen LogP contribution in [0.15, 0.2) is 150 Å². The number of aliphatic carboxylic acids is 1. The number of aliphatic hydroxyl groups excluding tert-OH is 1. The molecule has 5 aromatic rings. The Morgan fingerprint density at radius 2 is 0.800 bits per heavy atom. The molecule has 46 nitrogen and oxygen atoms in total. The van der Waals surface area contributed by atoms with Crippen LogP contribution in [0.1, 0.15) is 124 Å². The summed E-state index contributed by atoms with van der Waals surface area (Å²) in [6, 6.07) is 22.7. The molecule has 10 rings (SSSR count). The van der Waals surface area contributed by atoms with E-state index in [4.69, 9.17) is 105 Å². The molecule has 52 heteroatoms. The van der Waals surface area contributed by atoms with E-state index in [0.717, 1.165) is 44.0 Å². The minimum absolute atomic E-state index is 0.0551. The van der Waals surface area contributed by atoms with E-state index in [-0.39, 0.29) is 73.5 Å². The largest absolute Gasteiger partial charge is 0.481 e. The molecule has 5 aliphatic heterocycles. The normalized spacial score (nSPS) is 27.5. The number of benzene rings is 2.